The van der Waals surface area contributed by atoms with Gasteiger partial charge in [-0.15, -0.1) is 15.3 Å². The SMILES string of the molecule is Oc1c(N=Nc2nncc3ccccc23)c2ccccc2n1Cc1ccccc1Cl. The monoisotopic (exact) mass is 413 g/mol. The molecule has 2 aromatic heterocycles. The normalized spacial score (nSPS) is 11.6. The number of para-hydroxylation sites is 1. The van der Waals surface area contributed by atoms with E-state index in [0.717, 1.165) is 27.2 Å². The standard InChI is InChI=1S/C23H16ClN5O/c24-19-11-5-2-8-16(19)14-29-20-12-6-4-10-18(20)21(23(29)30)26-28-22-17-9-3-1-7-15(17)13-25-27-22/h1-13,30H,14H2. The fraction of sp³-hybridized carbons (Fsp3) is 0.0435. The third-order valence-corrected chi connectivity index (χ3v) is 5.37. The molecule has 0 unspecified atom stereocenters. The second-order valence-electron chi connectivity index (χ2n) is 6.82. The van der Waals surface area contributed by atoms with Gasteiger partial charge in [0.25, 0.3) is 0 Å². The van der Waals surface area contributed by atoms with Gasteiger partial charge in [0.15, 0.2) is 5.69 Å². The lowest BCUT2D eigenvalue weighted by Gasteiger charge is -2.08. The molecule has 0 bridgehead atoms. The van der Waals surface area contributed by atoms with Crippen molar-refractivity contribution >= 4 is 44.8 Å². The topological polar surface area (TPSA) is 75.7 Å². The van der Waals surface area contributed by atoms with Crippen LogP contribution in [-0.4, -0.2) is 19.9 Å². The zero-order valence-electron chi connectivity index (χ0n) is 15.8. The fourth-order valence-corrected chi connectivity index (χ4v) is 3.71. The number of azo groups is 1. The highest BCUT2D eigenvalue weighted by molar-refractivity contribution is 6.31. The molecule has 2 heterocycles. The van der Waals surface area contributed by atoms with Crippen molar-refractivity contribution in [1.29, 1.82) is 0 Å². The Morgan fingerprint density at radius 1 is 0.867 bits per heavy atom. The van der Waals surface area contributed by atoms with Crippen molar-refractivity contribution in [2.45, 2.75) is 6.54 Å². The van der Waals surface area contributed by atoms with E-state index in [4.69, 9.17) is 11.6 Å². The molecule has 0 fully saturated rings. The van der Waals surface area contributed by atoms with E-state index in [0.29, 0.717) is 23.1 Å². The Morgan fingerprint density at radius 2 is 1.60 bits per heavy atom. The average molecular weight is 414 g/mol. The quantitative estimate of drug-likeness (QED) is 0.346. The highest BCUT2D eigenvalue weighted by Gasteiger charge is 2.17. The second kappa shape index (κ2) is 7.57. The lowest BCUT2D eigenvalue weighted by atomic mass is 10.2. The maximum Gasteiger partial charge on any atom is 0.221 e. The molecule has 0 saturated heterocycles. The molecular formula is C23H16ClN5O. The summed E-state index contributed by atoms with van der Waals surface area (Å²) in [5.41, 5.74) is 2.12. The van der Waals surface area contributed by atoms with Gasteiger partial charge in [0, 0.05) is 21.2 Å². The van der Waals surface area contributed by atoms with Gasteiger partial charge in [0.2, 0.25) is 11.7 Å². The zero-order chi connectivity index (χ0) is 20.5. The van der Waals surface area contributed by atoms with Crippen molar-refractivity contribution in [2.24, 2.45) is 10.2 Å². The van der Waals surface area contributed by atoms with E-state index < -0.39 is 0 Å². The average Bonchev–Trinajstić information content (AvgIpc) is 3.05. The van der Waals surface area contributed by atoms with Crippen molar-refractivity contribution in [3.8, 4) is 5.88 Å². The second-order valence-corrected chi connectivity index (χ2v) is 7.23. The summed E-state index contributed by atoms with van der Waals surface area (Å²) in [5, 5.41) is 30.9. The number of halogens is 1. The van der Waals surface area contributed by atoms with Gasteiger partial charge in [-0.05, 0) is 17.7 Å². The Hall–Kier alpha value is -3.77. The van der Waals surface area contributed by atoms with Crippen LogP contribution in [0.5, 0.6) is 5.88 Å². The minimum Gasteiger partial charge on any atom is -0.493 e. The molecule has 6 nitrogen and oxygen atoms in total. The summed E-state index contributed by atoms with van der Waals surface area (Å²) in [6.07, 6.45) is 1.68. The Bertz CT molecular complexity index is 1400. The number of rotatable bonds is 4. The smallest absolute Gasteiger partial charge is 0.221 e. The van der Waals surface area contributed by atoms with Gasteiger partial charge in [-0.2, -0.15) is 5.10 Å². The number of fused-ring (bicyclic) bond motifs is 2. The summed E-state index contributed by atoms with van der Waals surface area (Å²) in [7, 11) is 0. The van der Waals surface area contributed by atoms with E-state index in [1.54, 1.807) is 10.8 Å². The molecule has 0 amide bonds. The number of nitrogens with zero attached hydrogens (tertiary/aromatic N) is 5. The van der Waals surface area contributed by atoms with Crippen molar-refractivity contribution in [3.63, 3.8) is 0 Å². The fourth-order valence-electron chi connectivity index (χ4n) is 3.51. The van der Waals surface area contributed by atoms with Gasteiger partial charge in [-0.3, -0.25) is 0 Å². The van der Waals surface area contributed by atoms with E-state index in [1.165, 1.54) is 0 Å². The Balaban J connectivity index is 1.62. The minimum absolute atomic E-state index is 0.0214. The first-order chi connectivity index (χ1) is 14.7. The molecule has 3 aromatic carbocycles. The molecule has 1 N–H and O–H groups in total. The van der Waals surface area contributed by atoms with Crippen LogP contribution in [0.2, 0.25) is 5.02 Å². The number of aromatic nitrogens is 3. The van der Waals surface area contributed by atoms with Crippen LogP contribution in [0, 0.1) is 0 Å². The summed E-state index contributed by atoms with van der Waals surface area (Å²) < 4.78 is 1.78. The maximum absolute atomic E-state index is 11.0. The Morgan fingerprint density at radius 3 is 2.47 bits per heavy atom. The molecule has 7 heteroatoms. The van der Waals surface area contributed by atoms with E-state index >= 15 is 0 Å². The van der Waals surface area contributed by atoms with Crippen LogP contribution in [0.15, 0.2) is 89.2 Å². The predicted octanol–water partition coefficient (Wildman–Crippen LogP) is 6.41. The molecule has 5 aromatic rings. The third kappa shape index (κ3) is 3.17. The van der Waals surface area contributed by atoms with Crippen LogP contribution >= 0.6 is 11.6 Å². The van der Waals surface area contributed by atoms with Crippen molar-refractivity contribution < 1.29 is 5.11 Å². The predicted molar refractivity (Wildman–Crippen MR) is 118 cm³/mol. The molecule has 0 saturated carbocycles. The van der Waals surface area contributed by atoms with Gasteiger partial charge in [-0.1, -0.05) is 72.3 Å². The van der Waals surface area contributed by atoms with Crippen LogP contribution in [0.4, 0.5) is 11.5 Å². The zero-order valence-corrected chi connectivity index (χ0v) is 16.5. The number of hydrogen-bond acceptors (Lipinski definition) is 5. The molecule has 0 aliphatic heterocycles. The number of benzene rings is 3. The summed E-state index contributed by atoms with van der Waals surface area (Å²) in [6.45, 7) is 0.412. The van der Waals surface area contributed by atoms with E-state index in [9.17, 15) is 5.11 Å². The van der Waals surface area contributed by atoms with Crippen LogP contribution in [-0.2, 0) is 6.54 Å². The lowest BCUT2D eigenvalue weighted by Crippen LogP contribution is -1.99. The van der Waals surface area contributed by atoms with E-state index in [1.807, 2.05) is 72.8 Å². The Kier molecular flexibility index (Phi) is 4.61. The van der Waals surface area contributed by atoms with Gasteiger partial charge in [0.1, 0.15) is 0 Å². The molecule has 0 atom stereocenters. The lowest BCUT2D eigenvalue weighted by molar-refractivity contribution is 0.429. The van der Waals surface area contributed by atoms with Crippen LogP contribution in [0.3, 0.4) is 0 Å². The summed E-state index contributed by atoms with van der Waals surface area (Å²) in [5.74, 6) is 0.420. The molecule has 0 spiro atoms. The first-order valence-corrected chi connectivity index (χ1v) is 9.76. The summed E-state index contributed by atoms with van der Waals surface area (Å²) in [4.78, 5) is 0. The van der Waals surface area contributed by atoms with Gasteiger partial charge in [0.05, 0.1) is 18.3 Å². The molecular weight excluding hydrogens is 398 g/mol. The highest BCUT2D eigenvalue weighted by atomic mass is 35.5. The molecule has 0 aliphatic rings. The minimum atomic E-state index is 0.0214. The molecule has 146 valence electrons. The van der Waals surface area contributed by atoms with Crippen LogP contribution < -0.4 is 0 Å². The first-order valence-electron chi connectivity index (χ1n) is 9.38. The molecule has 0 radical (unpaired) electrons. The first kappa shape index (κ1) is 18.3. The van der Waals surface area contributed by atoms with E-state index in [2.05, 4.69) is 20.4 Å². The van der Waals surface area contributed by atoms with Gasteiger partial charge in [-0.25, -0.2) is 0 Å². The van der Waals surface area contributed by atoms with Crippen molar-refractivity contribution in [2.75, 3.05) is 0 Å². The number of aromatic hydroxyl groups is 1. The molecule has 30 heavy (non-hydrogen) atoms. The van der Waals surface area contributed by atoms with Crippen LogP contribution in [0.1, 0.15) is 5.56 Å². The summed E-state index contributed by atoms with van der Waals surface area (Å²) in [6, 6.07) is 22.9. The van der Waals surface area contributed by atoms with Crippen molar-refractivity contribution in [3.05, 3.63) is 89.6 Å². The molecule has 0 aliphatic carbocycles. The highest BCUT2D eigenvalue weighted by Crippen LogP contribution is 2.40. The van der Waals surface area contributed by atoms with Gasteiger partial charge < -0.3 is 9.67 Å². The molecule has 5 rings (SSSR count). The van der Waals surface area contributed by atoms with E-state index in [-0.39, 0.29) is 5.88 Å². The van der Waals surface area contributed by atoms with Gasteiger partial charge >= 0.3 is 0 Å². The third-order valence-electron chi connectivity index (χ3n) is 5.00. The maximum atomic E-state index is 11.0. The largest absolute Gasteiger partial charge is 0.493 e. The number of hydrogen-bond donors (Lipinski definition) is 1. The van der Waals surface area contributed by atoms with Crippen LogP contribution in [0.25, 0.3) is 21.7 Å². The van der Waals surface area contributed by atoms with Crippen molar-refractivity contribution in [1.82, 2.24) is 14.8 Å². The Labute approximate surface area is 177 Å². The summed E-state index contributed by atoms with van der Waals surface area (Å²) >= 11 is 6.33.